The van der Waals surface area contributed by atoms with Gasteiger partial charge in [-0.05, 0) is 12.8 Å². The maximum Gasteiger partial charge on any atom is 0.189 e. The molecule has 3 N–H and O–H groups in total. The molecule has 1 aliphatic carbocycles. The summed E-state index contributed by atoms with van der Waals surface area (Å²) in [4.78, 5) is 11.5. The molecule has 104 valence electrons. The monoisotopic (exact) mass is 271 g/mol. The van der Waals surface area contributed by atoms with E-state index in [-0.39, 0.29) is 0 Å². The van der Waals surface area contributed by atoms with Gasteiger partial charge in [0.1, 0.15) is 11.8 Å². The quantitative estimate of drug-likeness (QED) is 0.654. The Morgan fingerprint density at radius 3 is 2.70 bits per heavy atom. The normalized spacial score (nSPS) is 19.4. The van der Waals surface area contributed by atoms with Gasteiger partial charge in [-0.1, -0.05) is 25.7 Å². The predicted molar refractivity (Wildman–Crippen MR) is 74.0 cm³/mol. The number of imidazole rings is 1. The number of H-pyrrole nitrogens is 1. The highest BCUT2D eigenvalue weighted by Crippen LogP contribution is 2.33. The molecule has 0 bridgehead atoms. The summed E-state index contributed by atoms with van der Waals surface area (Å²) in [6.45, 7) is 0. The van der Waals surface area contributed by atoms with Crippen LogP contribution in [0.25, 0.3) is 16.8 Å². The number of nitrogens with one attached hydrogen (secondary N) is 1. The molecule has 20 heavy (non-hydrogen) atoms. The Hall–Kier alpha value is -2.02. The second kappa shape index (κ2) is 4.24. The molecule has 7 heteroatoms. The standard InChI is InChI=1S/C13H17N7/c14-13(5-3-1-2-4-6-13)12-19-18-11-9-10(16-7-15-9)17-8-20(11)12/h7-8H,1-6,14H2,(H,15,16). The molecule has 0 unspecified atom stereocenters. The van der Waals surface area contributed by atoms with Crippen LogP contribution >= 0.6 is 0 Å². The first-order valence-electron chi connectivity index (χ1n) is 7.10. The first-order chi connectivity index (χ1) is 9.78. The van der Waals surface area contributed by atoms with Crippen LogP contribution in [0.4, 0.5) is 0 Å². The minimum absolute atomic E-state index is 0.398. The first kappa shape index (κ1) is 11.8. The molecule has 1 fully saturated rings. The fraction of sp³-hybridized carbons (Fsp3) is 0.538. The number of hydrogen-bond acceptors (Lipinski definition) is 5. The molecule has 0 saturated heterocycles. The number of fused-ring (bicyclic) bond motifs is 3. The zero-order chi connectivity index (χ0) is 13.6. The van der Waals surface area contributed by atoms with Crippen molar-refractivity contribution in [3.05, 3.63) is 18.5 Å². The van der Waals surface area contributed by atoms with Gasteiger partial charge in [-0.3, -0.25) is 4.40 Å². The van der Waals surface area contributed by atoms with Crippen LogP contribution in [0.3, 0.4) is 0 Å². The summed E-state index contributed by atoms with van der Waals surface area (Å²) >= 11 is 0. The lowest BCUT2D eigenvalue weighted by Crippen LogP contribution is -2.38. The zero-order valence-corrected chi connectivity index (χ0v) is 11.2. The van der Waals surface area contributed by atoms with Gasteiger partial charge in [-0.2, -0.15) is 0 Å². The van der Waals surface area contributed by atoms with E-state index in [0.717, 1.165) is 42.7 Å². The zero-order valence-electron chi connectivity index (χ0n) is 11.2. The van der Waals surface area contributed by atoms with Crippen molar-refractivity contribution in [2.75, 3.05) is 0 Å². The highest BCUT2D eigenvalue weighted by atomic mass is 15.3. The summed E-state index contributed by atoms with van der Waals surface area (Å²) in [5.74, 6) is 0.818. The third-order valence-corrected chi connectivity index (χ3v) is 4.28. The number of aromatic amines is 1. The molecule has 0 atom stereocenters. The van der Waals surface area contributed by atoms with E-state index >= 15 is 0 Å². The van der Waals surface area contributed by atoms with Crippen LogP contribution in [0.5, 0.6) is 0 Å². The lowest BCUT2D eigenvalue weighted by atomic mass is 9.90. The van der Waals surface area contributed by atoms with Crippen molar-refractivity contribution < 1.29 is 0 Å². The van der Waals surface area contributed by atoms with Crippen molar-refractivity contribution >= 4 is 16.8 Å². The molecule has 3 aromatic heterocycles. The molecule has 1 saturated carbocycles. The van der Waals surface area contributed by atoms with Crippen molar-refractivity contribution in [2.24, 2.45) is 5.73 Å². The Morgan fingerprint density at radius 2 is 1.90 bits per heavy atom. The Morgan fingerprint density at radius 1 is 1.10 bits per heavy atom. The maximum atomic E-state index is 6.63. The van der Waals surface area contributed by atoms with Crippen LogP contribution in [0.15, 0.2) is 12.7 Å². The molecule has 0 aliphatic heterocycles. The van der Waals surface area contributed by atoms with Crippen LogP contribution in [-0.4, -0.2) is 29.5 Å². The number of nitrogens with two attached hydrogens (primary N) is 1. The number of rotatable bonds is 1. The molecular weight excluding hydrogens is 254 g/mol. The summed E-state index contributed by atoms with van der Waals surface area (Å²) in [7, 11) is 0. The molecule has 0 spiro atoms. The second-order valence-corrected chi connectivity index (χ2v) is 5.63. The summed E-state index contributed by atoms with van der Waals surface area (Å²) in [6.07, 6.45) is 10.0. The van der Waals surface area contributed by atoms with E-state index in [0.29, 0.717) is 5.65 Å². The van der Waals surface area contributed by atoms with Crippen molar-refractivity contribution in [1.82, 2.24) is 29.5 Å². The summed E-state index contributed by atoms with van der Waals surface area (Å²) in [5, 5.41) is 8.65. The minimum atomic E-state index is -0.398. The van der Waals surface area contributed by atoms with Gasteiger partial charge in [0.2, 0.25) is 0 Å². The Bertz CT molecular complexity index is 748. The van der Waals surface area contributed by atoms with E-state index in [1.165, 1.54) is 12.8 Å². The summed E-state index contributed by atoms with van der Waals surface area (Å²) in [5.41, 5.74) is 8.45. The van der Waals surface area contributed by atoms with Gasteiger partial charge >= 0.3 is 0 Å². The van der Waals surface area contributed by atoms with Crippen LogP contribution in [0.2, 0.25) is 0 Å². The summed E-state index contributed by atoms with van der Waals surface area (Å²) < 4.78 is 1.91. The fourth-order valence-electron chi connectivity index (χ4n) is 3.16. The molecule has 1 aliphatic rings. The Balaban J connectivity index is 1.91. The van der Waals surface area contributed by atoms with Crippen molar-refractivity contribution in [3.63, 3.8) is 0 Å². The van der Waals surface area contributed by atoms with Crippen LogP contribution in [-0.2, 0) is 5.54 Å². The third-order valence-electron chi connectivity index (χ3n) is 4.28. The van der Waals surface area contributed by atoms with Crippen molar-refractivity contribution in [1.29, 1.82) is 0 Å². The lowest BCUT2D eigenvalue weighted by molar-refractivity contribution is 0.359. The maximum absolute atomic E-state index is 6.63. The van der Waals surface area contributed by atoms with E-state index in [4.69, 9.17) is 5.73 Å². The highest BCUT2D eigenvalue weighted by molar-refractivity contribution is 5.84. The molecule has 0 aromatic carbocycles. The van der Waals surface area contributed by atoms with Gasteiger partial charge in [0.25, 0.3) is 0 Å². The average Bonchev–Trinajstić information content (AvgIpc) is 3.03. The van der Waals surface area contributed by atoms with Crippen LogP contribution in [0, 0.1) is 0 Å². The minimum Gasteiger partial charge on any atom is -0.340 e. The largest absolute Gasteiger partial charge is 0.340 e. The highest BCUT2D eigenvalue weighted by Gasteiger charge is 2.33. The predicted octanol–water partition coefficient (Wildman–Crippen LogP) is 1.51. The molecule has 3 aromatic rings. The Kier molecular flexibility index (Phi) is 2.50. The topological polar surface area (TPSA) is 97.8 Å². The molecule has 7 nitrogen and oxygen atoms in total. The van der Waals surface area contributed by atoms with Gasteiger partial charge in [0.15, 0.2) is 17.1 Å². The van der Waals surface area contributed by atoms with Crippen molar-refractivity contribution in [2.45, 2.75) is 44.1 Å². The summed E-state index contributed by atoms with van der Waals surface area (Å²) in [6, 6.07) is 0. The van der Waals surface area contributed by atoms with E-state index in [1.807, 2.05) is 4.40 Å². The fourth-order valence-corrected chi connectivity index (χ4v) is 3.16. The lowest BCUT2D eigenvalue weighted by Gasteiger charge is -2.25. The van der Waals surface area contributed by atoms with Crippen LogP contribution < -0.4 is 5.73 Å². The van der Waals surface area contributed by atoms with Gasteiger partial charge < -0.3 is 10.7 Å². The molecule has 0 radical (unpaired) electrons. The van der Waals surface area contributed by atoms with E-state index < -0.39 is 5.54 Å². The average molecular weight is 271 g/mol. The van der Waals surface area contributed by atoms with Crippen molar-refractivity contribution in [3.8, 4) is 0 Å². The van der Waals surface area contributed by atoms with Gasteiger partial charge in [-0.25, -0.2) is 9.97 Å². The molecular formula is C13H17N7. The molecule has 4 rings (SSSR count). The number of nitrogens with zero attached hydrogens (tertiary/aromatic N) is 5. The second-order valence-electron chi connectivity index (χ2n) is 5.63. The number of hydrogen-bond donors (Lipinski definition) is 2. The third kappa shape index (κ3) is 1.62. The molecule has 3 heterocycles. The van der Waals surface area contributed by atoms with E-state index in [2.05, 4.69) is 25.1 Å². The first-order valence-corrected chi connectivity index (χ1v) is 7.10. The van der Waals surface area contributed by atoms with Gasteiger partial charge in [0, 0.05) is 0 Å². The Labute approximate surface area is 115 Å². The SMILES string of the molecule is NC1(c2nnc3c4[nH]cnc4ncn23)CCCCCC1. The van der Waals surface area contributed by atoms with Crippen LogP contribution in [0.1, 0.15) is 44.3 Å². The molecule has 0 amide bonds. The number of aromatic nitrogens is 6. The smallest absolute Gasteiger partial charge is 0.189 e. The van der Waals surface area contributed by atoms with Gasteiger partial charge in [0.05, 0.1) is 11.9 Å². The van der Waals surface area contributed by atoms with E-state index in [1.54, 1.807) is 12.7 Å². The van der Waals surface area contributed by atoms with Gasteiger partial charge in [-0.15, -0.1) is 10.2 Å². The van der Waals surface area contributed by atoms with E-state index in [9.17, 15) is 0 Å².